The van der Waals surface area contributed by atoms with Crippen molar-refractivity contribution in [2.45, 2.75) is 27.2 Å². The third kappa shape index (κ3) is 1.70. The van der Waals surface area contributed by atoms with Crippen LogP contribution in [0, 0.1) is 11.3 Å². The molecule has 0 aromatic rings. The maximum atomic E-state index is 8.99. The van der Waals surface area contributed by atoms with Gasteiger partial charge in [0.15, 0.2) is 0 Å². The zero-order chi connectivity index (χ0) is 8.20. The molecule has 0 amide bonds. The quantitative estimate of drug-likeness (QED) is 0.621. The third-order valence-corrected chi connectivity index (χ3v) is 2.56. The average Bonchev–Trinajstić information content (AvgIpc) is 1.92. The molecule has 2 nitrogen and oxygen atoms in total. The van der Waals surface area contributed by atoms with Crippen LogP contribution in [0.2, 0.25) is 0 Å². The van der Waals surface area contributed by atoms with Crippen molar-refractivity contribution in [3.05, 3.63) is 0 Å². The third-order valence-electron chi connectivity index (χ3n) is 2.56. The minimum Gasteiger partial charge on any atom is -0.396 e. The molecule has 0 fully saturated rings. The monoisotopic (exact) mass is 146 g/mol. The highest BCUT2D eigenvalue weighted by Gasteiger charge is 2.29. The van der Waals surface area contributed by atoms with E-state index in [4.69, 9.17) is 10.2 Å². The Kier molecular flexibility index (Phi) is 3.91. The van der Waals surface area contributed by atoms with Gasteiger partial charge < -0.3 is 10.2 Å². The molecule has 0 saturated heterocycles. The molecule has 0 rings (SSSR count). The first-order valence-electron chi connectivity index (χ1n) is 3.84. The van der Waals surface area contributed by atoms with Gasteiger partial charge in [-0.05, 0) is 12.3 Å². The number of hydrogen-bond acceptors (Lipinski definition) is 2. The van der Waals surface area contributed by atoms with E-state index in [1.54, 1.807) is 0 Å². The molecule has 0 spiro atoms. The van der Waals surface area contributed by atoms with Gasteiger partial charge in [0.1, 0.15) is 0 Å². The molecule has 2 heteroatoms. The van der Waals surface area contributed by atoms with E-state index in [0.29, 0.717) is 5.92 Å². The maximum absolute atomic E-state index is 8.99. The number of aliphatic hydroxyl groups is 2. The molecular weight excluding hydrogens is 128 g/mol. The Balaban J connectivity index is 4.15. The summed E-state index contributed by atoms with van der Waals surface area (Å²) in [6, 6.07) is 0. The lowest BCUT2D eigenvalue weighted by molar-refractivity contribution is 0.0130. The lowest BCUT2D eigenvalue weighted by Gasteiger charge is -2.32. The molecule has 0 aliphatic heterocycles. The summed E-state index contributed by atoms with van der Waals surface area (Å²) >= 11 is 0. The summed E-state index contributed by atoms with van der Waals surface area (Å²) in [6.45, 7) is 6.20. The average molecular weight is 146 g/mol. The topological polar surface area (TPSA) is 40.5 Å². The molecule has 0 unspecified atom stereocenters. The lowest BCUT2D eigenvalue weighted by atomic mass is 9.76. The van der Waals surface area contributed by atoms with Crippen LogP contribution in [0.1, 0.15) is 27.2 Å². The van der Waals surface area contributed by atoms with Crippen molar-refractivity contribution in [2.24, 2.45) is 11.3 Å². The van der Waals surface area contributed by atoms with Crippen molar-refractivity contribution in [2.75, 3.05) is 13.2 Å². The van der Waals surface area contributed by atoms with E-state index in [9.17, 15) is 0 Å². The summed E-state index contributed by atoms with van der Waals surface area (Å²) in [5.41, 5.74) is -0.264. The summed E-state index contributed by atoms with van der Waals surface area (Å²) in [6.07, 6.45) is 0.831. The summed E-state index contributed by atoms with van der Waals surface area (Å²) < 4.78 is 0. The van der Waals surface area contributed by atoms with Gasteiger partial charge in [-0.3, -0.25) is 0 Å². The van der Waals surface area contributed by atoms with Crippen molar-refractivity contribution >= 4 is 0 Å². The SMILES string of the molecule is CCC(CO)(CO)C(C)C. The van der Waals surface area contributed by atoms with Crippen molar-refractivity contribution in [3.8, 4) is 0 Å². The van der Waals surface area contributed by atoms with Crippen LogP contribution in [0.4, 0.5) is 0 Å². The molecule has 0 heterocycles. The summed E-state index contributed by atoms with van der Waals surface area (Å²) in [5, 5.41) is 18.0. The lowest BCUT2D eigenvalue weighted by Crippen LogP contribution is -2.34. The van der Waals surface area contributed by atoms with E-state index in [2.05, 4.69) is 0 Å². The highest BCUT2D eigenvalue weighted by Crippen LogP contribution is 2.29. The maximum Gasteiger partial charge on any atom is 0.0511 e. The molecule has 62 valence electrons. The van der Waals surface area contributed by atoms with Crippen LogP contribution >= 0.6 is 0 Å². The van der Waals surface area contributed by atoms with Crippen molar-refractivity contribution < 1.29 is 10.2 Å². The standard InChI is InChI=1S/C8H18O2/c1-4-8(5-9,6-10)7(2)3/h7,9-10H,4-6H2,1-3H3. The Bertz CT molecular complexity index is 77.0. The minimum atomic E-state index is -0.264. The molecule has 2 N–H and O–H groups in total. The largest absolute Gasteiger partial charge is 0.396 e. The number of rotatable bonds is 4. The first kappa shape index (κ1) is 9.92. The Labute approximate surface area is 62.9 Å². The van der Waals surface area contributed by atoms with E-state index in [0.717, 1.165) is 6.42 Å². The zero-order valence-corrected chi connectivity index (χ0v) is 7.09. The summed E-state index contributed by atoms with van der Waals surface area (Å²) in [5.74, 6) is 0.340. The second-order valence-electron chi connectivity index (χ2n) is 3.19. The fraction of sp³-hybridized carbons (Fsp3) is 1.00. The normalized spacial score (nSPS) is 12.6. The van der Waals surface area contributed by atoms with Gasteiger partial charge in [-0.25, -0.2) is 0 Å². The smallest absolute Gasteiger partial charge is 0.0511 e. The van der Waals surface area contributed by atoms with E-state index in [1.807, 2.05) is 20.8 Å². The first-order chi connectivity index (χ1) is 4.63. The fourth-order valence-corrected chi connectivity index (χ4v) is 1.05. The predicted molar refractivity (Wildman–Crippen MR) is 41.7 cm³/mol. The Morgan fingerprint density at radius 2 is 1.60 bits per heavy atom. The van der Waals surface area contributed by atoms with Gasteiger partial charge in [-0.2, -0.15) is 0 Å². The predicted octanol–water partition coefficient (Wildman–Crippen LogP) is 1.02. The van der Waals surface area contributed by atoms with Crippen LogP contribution in [-0.4, -0.2) is 23.4 Å². The molecule has 0 aliphatic rings. The van der Waals surface area contributed by atoms with Gasteiger partial charge in [0.2, 0.25) is 0 Å². The van der Waals surface area contributed by atoms with E-state index in [1.165, 1.54) is 0 Å². The van der Waals surface area contributed by atoms with Crippen LogP contribution in [0.5, 0.6) is 0 Å². The van der Waals surface area contributed by atoms with Crippen molar-refractivity contribution in [1.29, 1.82) is 0 Å². The van der Waals surface area contributed by atoms with Crippen LogP contribution in [-0.2, 0) is 0 Å². The highest BCUT2D eigenvalue weighted by atomic mass is 16.3. The molecule has 0 radical (unpaired) electrons. The van der Waals surface area contributed by atoms with E-state index >= 15 is 0 Å². The molecule has 0 saturated carbocycles. The van der Waals surface area contributed by atoms with Gasteiger partial charge in [-0.1, -0.05) is 20.8 Å². The van der Waals surface area contributed by atoms with Crippen LogP contribution in [0.25, 0.3) is 0 Å². The van der Waals surface area contributed by atoms with Crippen LogP contribution in [0.15, 0.2) is 0 Å². The highest BCUT2D eigenvalue weighted by molar-refractivity contribution is 4.79. The summed E-state index contributed by atoms with van der Waals surface area (Å²) in [4.78, 5) is 0. The summed E-state index contributed by atoms with van der Waals surface area (Å²) in [7, 11) is 0. The molecule has 0 aliphatic carbocycles. The first-order valence-corrected chi connectivity index (χ1v) is 3.84. The molecule has 0 bridgehead atoms. The second kappa shape index (κ2) is 3.94. The van der Waals surface area contributed by atoms with Crippen LogP contribution < -0.4 is 0 Å². The Morgan fingerprint density at radius 1 is 1.20 bits per heavy atom. The minimum absolute atomic E-state index is 0.0810. The Hall–Kier alpha value is -0.0800. The van der Waals surface area contributed by atoms with Gasteiger partial charge in [0, 0.05) is 5.41 Å². The molecule has 10 heavy (non-hydrogen) atoms. The van der Waals surface area contributed by atoms with Gasteiger partial charge in [0.25, 0.3) is 0 Å². The van der Waals surface area contributed by atoms with E-state index in [-0.39, 0.29) is 18.6 Å². The van der Waals surface area contributed by atoms with Gasteiger partial charge in [0.05, 0.1) is 13.2 Å². The van der Waals surface area contributed by atoms with Crippen LogP contribution in [0.3, 0.4) is 0 Å². The van der Waals surface area contributed by atoms with Crippen molar-refractivity contribution in [1.82, 2.24) is 0 Å². The molecule has 0 aromatic heterocycles. The molecular formula is C8H18O2. The van der Waals surface area contributed by atoms with Gasteiger partial charge in [-0.15, -0.1) is 0 Å². The molecule has 0 aromatic carbocycles. The van der Waals surface area contributed by atoms with Gasteiger partial charge >= 0.3 is 0 Å². The number of aliphatic hydroxyl groups excluding tert-OH is 2. The van der Waals surface area contributed by atoms with Crippen molar-refractivity contribution in [3.63, 3.8) is 0 Å². The van der Waals surface area contributed by atoms with E-state index < -0.39 is 0 Å². The fourth-order valence-electron chi connectivity index (χ4n) is 1.05. The zero-order valence-electron chi connectivity index (χ0n) is 7.09. The molecule has 0 atom stereocenters. The Morgan fingerprint density at radius 3 is 1.60 bits per heavy atom. The number of hydrogen-bond donors (Lipinski definition) is 2. The second-order valence-corrected chi connectivity index (χ2v) is 3.19.